The summed E-state index contributed by atoms with van der Waals surface area (Å²) < 4.78 is 4.65. The van der Waals surface area contributed by atoms with Crippen LogP contribution >= 0.6 is 0 Å². The Morgan fingerprint density at radius 3 is 2.55 bits per heavy atom. The van der Waals surface area contributed by atoms with Gasteiger partial charge in [-0.25, -0.2) is 4.79 Å². The van der Waals surface area contributed by atoms with Gasteiger partial charge in [-0.2, -0.15) is 0 Å². The third kappa shape index (κ3) is 7.67. The summed E-state index contributed by atoms with van der Waals surface area (Å²) in [5, 5.41) is 8.30. The van der Waals surface area contributed by atoms with E-state index in [2.05, 4.69) is 11.3 Å². The van der Waals surface area contributed by atoms with E-state index in [9.17, 15) is 4.79 Å². The minimum absolute atomic E-state index is 0. The van der Waals surface area contributed by atoms with Crippen LogP contribution in [-0.4, -0.2) is 43.2 Å². The molecule has 0 saturated heterocycles. The smallest absolute Gasteiger partial charge is 0.333 e. The standard InChI is InChI=1S/C7H12O3.Li/c1-6(2)7(9)10-5-3-4-8;/h8H,1,3-5H2,2H3;. The third-order valence-electron chi connectivity index (χ3n) is 0.884. The van der Waals surface area contributed by atoms with Gasteiger partial charge in [0, 0.05) is 37.5 Å². The molecule has 0 bridgehead atoms. The van der Waals surface area contributed by atoms with E-state index in [0.717, 1.165) is 0 Å². The average molecular weight is 151 g/mol. The molecule has 0 heterocycles. The number of rotatable bonds is 4. The van der Waals surface area contributed by atoms with Gasteiger partial charge in [0.1, 0.15) is 0 Å². The molecular formula is C7H12LiO3. The molecule has 0 amide bonds. The van der Waals surface area contributed by atoms with E-state index in [-0.39, 0.29) is 32.1 Å². The summed E-state index contributed by atoms with van der Waals surface area (Å²) in [4.78, 5) is 10.6. The Morgan fingerprint density at radius 1 is 1.64 bits per heavy atom. The predicted octanol–water partition coefficient (Wildman–Crippen LogP) is 0.107. The average Bonchev–Trinajstić information content (AvgIpc) is 1.88. The molecule has 1 radical (unpaired) electrons. The number of hydrogen-bond acceptors (Lipinski definition) is 3. The first-order valence-corrected chi connectivity index (χ1v) is 3.12. The summed E-state index contributed by atoms with van der Waals surface area (Å²) in [5.41, 5.74) is 0.387. The summed E-state index contributed by atoms with van der Waals surface area (Å²) in [6.07, 6.45) is 0.485. The molecule has 0 rings (SSSR count). The van der Waals surface area contributed by atoms with Crippen LogP contribution in [0.3, 0.4) is 0 Å². The van der Waals surface area contributed by atoms with E-state index in [0.29, 0.717) is 12.0 Å². The van der Waals surface area contributed by atoms with Crippen LogP contribution in [0, 0.1) is 0 Å². The third-order valence-corrected chi connectivity index (χ3v) is 0.884. The van der Waals surface area contributed by atoms with Crippen LogP contribution in [0.4, 0.5) is 0 Å². The Bertz CT molecular complexity index is 134. The normalized spacial score (nSPS) is 8.18. The first kappa shape index (κ1) is 13.4. The number of ether oxygens (including phenoxy) is 1. The van der Waals surface area contributed by atoms with Gasteiger partial charge >= 0.3 is 5.97 Å². The van der Waals surface area contributed by atoms with Crippen LogP contribution in [0.15, 0.2) is 12.2 Å². The maximum Gasteiger partial charge on any atom is 0.333 e. The molecule has 3 nitrogen and oxygen atoms in total. The molecule has 59 valence electrons. The molecule has 0 aliphatic heterocycles. The number of aliphatic hydroxyl groups excluding tert-OH is 1. The van der Waals surface area contributed by atoms with Crippen molar-refractivity contribution >= 4 is 24.8 Å². The Labute approximate surface area is 78.6 Å². The first-order valence-electron chi connectivity index (χ1n) is 3.12. The number of esters is 1. The summed E-state index contributed by atoms with van der Waals surface area (Å²) in [6, 6.07) is 0. The second-order valence-corrected chi connectivity index (χ2v) is 1.99. The fourth-order valence-corrected chi connectivity index (χ4v) is 0.353. The molecule has 0 fully saturated rings. The summed E-state index contributed by atoms with van der Waals surface area (Å²) in [5.74, 6) is -0.395. The maximum absolute atomic E-state index is 10.6. The fourth-order valence-electron chi connectivity index (χ4n) is 0.353. The van der Waals surface area contributed by atoms with E-state index in [1.165, 1.54) is 0 Å². The molecule has 0 aromatic heterocycles. The van der Waals surface area contributed by atoms with Gasteiger partial charge in [-0.15, -0.1) is 0 Å². The molecule has 11 heavy (non-hydrogen) atoms. The summed E-state index contributed by atoms with van der Waals surface area (Å²) in [6.45, 7) is 5.29. The van der Waals surface area contributed by atoms with Crippen LogP contribution < -0.4 is 0 Å². The Morgan fingerprint density at radius 2 is 2.18 bits per heavy atom. The number of carbonyl (C=O) groups excluding carboxylic acids is 1. The molecule has 0 unspecified atom stereocenters. The second kappa shape index (κ2) is 7.87. The first-order chi connectivity index (χ1) is 4.68. The van der Waals surface area contributed by atoms with Gasteiger partial charge in [-0.1, -0.05) is 6.58 Å². The second-order valence-electron chi connectivity index (χ2n) is 1.99. The van der Waals surface area contributed by atoms with E-state index >= 15 is 0 Å². The van der Waals surface area contributed by atoms with Crippen molar-refractivity contribution in [1.29, 1.82) is 0 Å². The van der Waals surface area contributed by atoms with Crippen LogP contribution in [0.5, 0.6) is 0 Å². The van der Waals surface area contributed by atoms with Gasteiger partial charge in [-0.05, 0) is 6.92 Å². The van der Waals surface area contributed by atoms with Crippen molar-refractivity contribution in [3.05, 3.63) is 12.2 Å². The predicted molar refractivity (Wildman–Crippen MR) is 43.2 cm³/mol. The number of carbonyl (C=O) groups is 1. The molecule has 0 aromatic carbocycles. The van der Waals surface area contributed by atoms with E-state index < -0.39 is 5.97 Å². The Balaban J connectivity index is 0. The zero-order valence-electron chi connectivity index (χ0n) is 7.09. The van der Waals surface area contributed by atoms with Crippen molar-refractivity contribution in [3.8, 4) is 0 Å². The molecular weight excluding hydrogens is 139 g/mol. The van der Waals surface area contributed by atoms with Crippen LogP contribution in [0.25, 0.3) is 0 Å². The van der Waals surface area contributed by atoms with E-state index in [4.69, 9.17) is 5.11 Å². The van der Waals surface area contributed by atoms with Crippen LogP contribution in [0.2, 0.25) is 0 Å². The van der Waals surface area contributed by atoms with E-state index in [1.54, 1.807) is 6.92 Å². The Hall–Kier alpha value is -0.233. The molecule has 0 atom stereocenters. The largest absolute Gasteiger partial charge is 0.462 e. The quantitative estimate of drug-likeness (QED) is 0.268. The van der Waals surface area contributed by atoms with Crippen molar-refractivity contribution < 1.29 is 14.6 Å². The minimum atomic E-state index is -0.395. The number of aliphatic hydroxyl groups is 1. The van der Waals surface area contributed by atoms with Gasteiger partial charge in [0.2, 0.25) is 0 Å². The van der Waals surface area contributed by atoms with Crippen molar-refractivity contribution in [2.24, 2.45) is 0 Å². The molecule has 4 heteroatoms. The summed E-state index contributed by atoms with van der Waals surface area (Å²) in [7, 11) is 0. The zero-order valence-corrected chi connectivity index (χ0v) is 7.09. The minimum Gasteiger partial charge on any atom is -0.462 e. The molecule has 0 spiro atoms. The topological polar surface area (TPSA) is 46.5 Å². The van der Waals surface area contributed by atoms with Gasteiger partial charge in [-0.3, -0.25) is 0 Å². The van der Waals surface area contributed by atoms with E-state index in [1.807, 2.05) is 0 Å². The van der Waals surface area contributed by atoms with Crippen molar-refractivity contribution in [2.45, 2.75) is 13.3 Å². The van der Waals surface area contributed by atoms with Gasteiger partial charge < -0.3 is 9.84 Å². The van der Waals surface area contributed by atoms with Crippen LogP contribution in [-0.2, 0) is 9.53 Å². The Kier molecular flexibility index (Phi) is 9.56. The van der Waals surface area contributed by atoms with Crippen molar-refractivity contribution in [2.75, 3.05) is 13.2 Å². The maximum atomic E-state index is 10.6. The van der Waals surface area contributed by atoms with Gasteiger partial charge in [0.05, 0.1) is 6.61 Å². The molecule has 0 aromatic rings. The van der Waals surface area contributed by atoms with Crippen molar-refractivity contribution in [3.63, 3.8) is 0 Å². The summed E-state index contributed by atoms with van der Waals surface area (Å²) >= 11 is 0. The molecule has 1 N–H and O–H groups in total. The molecule has 0 saturated carbocycles. The van der Waals surface area contributed by atoms with Crippen molar-refractivity contribution in [1.82, 2.24) is 0 Å². The monoisotopic (exact) mass is 151 g/mol. The van der Waals surface area contributed by atoms with Crippen LogP contribution in [0.1, 0.15) is 13.3 Å². The molecule has 0 aliphatic carbocycles. The van der Waals surface area contributed by atoms with Gasteiger partial charge in [0.25, 0.3) is 0 Å². The zero-order chi connectivity index (χ0) is 7.98. The molecule has 0 aliphatic rings. The fraction of sp³-hybridized carbons (Fsp3) is 0.571. The van der Waals surface area contributed by atoms with Gasteiger partial charge in [0.15, 0.2) is 0 Å². The SMILES string of the molecule is C=C(C)C(=O)OCCCO.[Li]. The number of hydrogen-bond donors (Lipinski definition) is 1.